The second-order valence-corrected chi connectivity index (χ2v) is 3.53. The van der Waals surface area contributed by atoms with Crippen molar-refractivity contribution in [1.29, 1.82) is 0 Å². The molecule has 1 aliphatic heterocycles. The summed E-state index contributed by atoms with van der Waals surface area (Å²) in [6.45, 7) is -0.339. The average Bonchev–Trinajstić information content (AvgIpc) is 2.25. The topological polar surface area (TPSA) is 119 Å². The number of aliphatic hydroxyl groups excluding tert-OH is 3. The van der Waals surface area contributed by atoms with E-state index in [1.165, 1.54) is 5.48 Å². The van der Waals surface area contributed by atoms with Crippen molar-refractivity contribution >= 4 is 5.91 Å². The van der Waals surface area contributed by atoms with Gasteiger partial charge in [0.25, 0.3) is 0 Å². The van der Waals surface area contributed by atoms with Crippen LogP contribution < -0.4 is 5.48 Å². The van der Waals surface area contributed by atoms with Gasteiger partial charge in [0.2, 0.25) is 5.91 Å². The number of hydroxylamine groups is 1. The van der Waals surface area contributed by atoms with Crippen LogP contribution in [0, 0.1) is 5.92 Å². The summed E-state index contributed by atoms with van der Waals surface area (Å²) in [5.74, 6) is -1.24. The van der Waals surface area contributed by atoms with Crippen LogP contribution in [0.25, 0.3) is 0 Å². The van der Waals surface area contributed by atoms with Crippen LogP contribution in [0.3, 0.4) is 0 Å². The van der Waals surface area contributed by atoms with Crippen LogP contribution in [0.2, 0.25) is 0 Å². The number of ether oxygens (including phenoxy) is 1. The summed E-state index contributed by atoms with van der Waals surface area (Å²) in [5.41, 5.74) is 1.44. The molecule has 1 rings (SSSR count). The summed E-state index contributed by atoms with van der Waals surface area (Å²) in [5, 5.41) is 36.1. The molecule has 0 saturated carbocycles. The van der Waals surface area contributed by atoms with Crippen molar-refractivity contribution in [2.24, 2.45) is 5.92 Å². The van der Waals surface area contributed by atoms with Crippen LogP contribution in [0.15, 0.2) is 0 Å². The molecule has 1 aliphatic rings. The lowest BCUT2D eigenvalue weighted by Gasteiger charge is -2.36. The summed E-state index contributed by atoms with van der Waals surface area (Å²) >= 11 is 0. The van der Waals surface area contributed by atoms with Crippen molar-refractivity contribution in [2.45, 2.75) is 24.7 Å². The van der Waals surface area contributed by atoms with E-state index >= 15 is 0 Å². The van der Waals surface area contributed by atoms with Gasteiger partial charge in [0, 0.05) is 12.3 Å². The summed E-state index contributed by atoms with van der Waals surface area (Å²) in [6, 6.07) is 0. The molecule has 88 valence electrons. The highest BCUT2D eigenvalue weighted by molar-refractivity contribution is 5.74. The molecule has 1 heterocycles. The van der Waals surface area contributed by atoms with Crippen LogP contribution in [-0.2, 0) is 9.53 Å². The zero-order valence-corrected chi connectivity index (χ0v) is 8.04. The van der Waals surface area contributed by atoms with E-state index < -0.39 is 36.7 Å². The summed E-state index contributed by atoms with van der Waals surface area (Å²) in [6.07, 6.45) is -3.34. The predicted octanol–water partition coefficient (Wildman–Crippen LogP) is -2.39. The SMILES string of the molecule is O=C(C[C@H]1CO[C@H](CO)[C@@H](O)[C@@H]1O)NO. The smallest absolute Gasteiger partial charge is 0.243 e. The van der Waals surface area contributed by atoms with Crippen molar-refractivity contribution in [1.82, 2.24) is 5.48 Å². The normalized spacial score (nSPS) is 36.3. The third-order valence-corrected chi connectivity index (χ3v) is 2.49. The largest absolute Gasteiger partial charge is 0.394 e. The lowest BCUT2D eigenvalue weighted by Crippen LogP contribution is -2.52. The van der Waals surface area contributed by atoms with Crippen LogP contribution >= 0.6 is 0 Å². The van der Waals surface area contributed by atoms with Crippen molar-refractivity contribution in [3.05, 3.63) is 0 Å². The minimum Gasteiger partial charge on any atom is -0.394 e. The number of carbonyl (C=O) groups is 1. The minimum absolute atomic E-state index is 0.0525. The summed E-state index contributed by atoms with van der Waals surface area (Å²) < 4.78 is 5.05. The summed E-state index contributed by atoms with van der Waals surface area (Å²) in [7, 11) is 0. The molecule has 4 atom stereocenters. The minimum atomic E-state index is -1.22. The van der Waals surface area contributed by atoms with Gasteiger partial charge < -0.3 is 20.1 Å². The van der Waals surface area contributed by atoms with Gasteiger partial charge in [-0.05, 0) is 0 Å². The number of hydrogen-bond donors (Lipinski definition) is 5. The maximum Gasteiger partial charge on any atom is 0.243 e. The fraction of sp³-hybridized carbons (Fsp3) is 0.875. The van der Waals surface area contributed by atoms with Crippen molar-refractivity contribution < 1.29 is 30.1 Å². The maximum atomic E-state index is 10.8. The number of hydrogen-bond acceptors (Lipinski definition) is 6. The van der Waals surface area contributed by atoms with E-state index in [-0.39, 0.29) is 13.0 Å². The highest BCUT2D eigenvalue weighted by Gasteiger charge is 2.38. The zero-order valence-electron chi connectivity index (χ0n) is 8.04. The monoisotopic (exact) mass is 221 g/mol. The van der Waals surface area contributed by atoms with E-state index in [1.807, 2.05) is 0 Å². The van der Waals surface area contributed by atoms with E-state index in [1.54, 1.807) is 0 Å². The Labute approximate surface area is 86.2 Å². The average molecular weight is 221 g/mol. The van der Waals surface area contributed by atoms with E-state index in [4.69, 9.17) is 15.1 Å². The number of nitrogens with one attached hydrogen (secondary N) is 1. The molecule has 7 nitrogen and oxygen atoms in total. The number of carbonyl (C=O) groups excluding carboxylic acids is 1. The Bertz CT molecular complexity index is 223. The molecule has 1 saturated heterocycles. The Morgan fingerprint density at radius 1 is 1.40 bits per heavy atom. The van der Waals surface area contributed by atoms with Crippen molar-refractivity contribution in [2.75, 3.05) is 13.2 Å². The molecule has 0 bridgehead atoms. The number of aliphatic hydroxyl groups is 3. The first-order valence-corrected chi connectivity index (χ1v) is 4.61. The number of rotatable bonds is 3. The van der Waals surface area contributed by atoms with Gasteiger partial charge in [-0.25, -0.2) is 5.48 Å². The highest BCUT2D eigenvalue weighted by atomic mass is 16.5. The Hall–Kier alpha value is -0.730. The van der Waals surface area contributed by atoms with Gasteiger partial charge in [-0.2, -0.15) is 0 Å². The van der Waals surface area contributed by atoms with E-state index in [0.717, 1.165) is 0 Å². The fourth-order valence-corrected chi connectivity index (χ4v) is 1.57. The molecular formula is C8H15NO6. The molecular weight excluding hydrogens is 206 g/mol. The third kappa shape index (κ3) is 2.86. The van der Waals surface area contributed by atoms with Crippen molar-refractivity contribution in [3.8, 4) is 0 Å². The molecule has 1 fully saturated rings. The van der Waals surface area contributed by atoms with Gasteiger partial charge in [-0.1, -0.05) is 0 Å². The zero-order chi connectivity index (χ0) is 11.4. The second-order valence-electron chi connectivity index (χ2n) is 3.53. The molecule has 5 N–H and O–H groups in total. The van der Waals surface area contributed by atoms with Gasteiger partial charge >= 0.3 is 0 Å². The van der Waals surface area contributed by atoms with Gasteiger partial charge in [0.1, 0.15) is 12.2 Å². The van der Waals surface area contributed by atoms with Gasteiger partial charge in [-0.15, -0.1) is 0 Å². The van der Waals surface area contributed by atoms with Gasteiger partial charge in [0.05, 0.1) is 19.3 Å². The standard InChI is InChI=1S/C8H15NO6/c10-2-5-8(13)7(12)4(3-15-5)1-6(11)9-14/h4-5,7-8,10,12-14H,1-3H2,(H,9,11)/t4-,5+,7+,8+/m0/s1. The molecule has 0 spiro atoms. The lowest BCUT2D eigenvalue weighted by atomic mass is 9.90. The molecule has 0 aliphatic carbocycles. The van der Waals surface area contributed by atoms with Crippen molar-refractivity contribution in [3.63, 3.8) is 0 Å². The predicted molar refractivity (Wildman–Crippen MR) is 46.9 cm³/mol. The Balaban J connectivity index is 2.52. The summed E-state index contributed by atoms with van der Waals surface area (Å²) in [4.78, 5) is 10.8. The quantitative estimate of drug-likeness (QED) is 0.268. The Kier molecular flexibility index (Phi) is 4.43. The van der Waals surface area contributed by atoms with E-state index in [2.05, 4.69) is 0 Å². The molecule has 1 amide bonds. The second kappa shape index (κ2) is 5.38. The van der Waals surface area contributed by atoms with Crippen LogP contribution in [0.5, 0.6) is 0 Å². The molecule has 7 heteroatoms. The lowest BCUT2D eigenvalue weighted by molar-refractivity contribution is -0.178. The first-order valence-electron chi connectivity index (χ1n) is 4.61. The Morgan fingerprint density at radius 2 is 2.07 bits per heavy atom. The van der Waals surface area contributed by atoms with Gasteiger partial charge in [0.15, 0.2) is 0 Å². The van der Waals surface area contributed by atoms with Crippen LogP contribution in [-0.4, -0.2) is 58.0 Å². The fourth-order valence-electron chi connectivity index (χ4n) is 1.57. The van der Waals surface area contributed by atoms with E-state index in [9.17, 15) is 15.0 Å². The Morgan fingerprint density at radius 3 is 2.60 bits per heavy atom. The third-order valence-electron chi connectivity index (χ3n) is 2.49. The highest BCUT2D eigenvalue weighted by Crippen LogP contribution is 2.22. The molecule has 0 aromatic heterocycles. The first kappa shape index (κ1) is 12.3. The molecule has 0 aromatic rings. The molecule has 0 radical (unpaired) electrons. The molecule has 0 aromatic carbocycles. The van der Waals surface area contributed by atoms with Crippen LogP contribution in [0.4, 0.5) is 0 Å². The van der Waals surface area contributed by atoms with Gasteiger partial charge in [-0.3, -0.25) is 10.0 Å². The first-order chi connectivity index (χ1) is 7.10. The van der Waals surface area contributed by atoms with Crippen LogP contribution in [0.1, 0.15) is 6.42 Å². The molecule has 15 heavy (non-hydrogen) atoms. The molecule has 0 unspecified atom stereocenters. The van der Waals surface area contributed by atoms with E-state index in [0.29, 0.717) is 0 Å². The maximum absolute atomic E-state index is 10.8. The number of amides is 1.